The van der Waals surface area contributed by atoms with E-state index in [0.29, 0.717) is 11.3 Å². The van der Waals surface area contributed by atoms with Crippen LogP contribution in [0.3, 0.4) is 0 Å². The van der Waals surface area contributed by atoms with Crippen LogP contribution in [0.15, 0.2) is 41.7 Å². The van der Waals surface area contributed by atoms with Gasteiger partial charge in [-0.15, -0.1) is 0 Å². The minimum atomic E-state index is -1.67. The van der Waals surface area contributed by atoms with Crippen LogP contribution in [-0.2, 0) is 4.74 Å². The highest BCUT2D eigenvalue weighted by molar-refractivity contribution is 6.19. The van der Waals surface area contributed by atoms with Crippen molar-refractivity contribution in [3.8, 4) is 5.75 Å². The van der Waals surface area contributed by atoms with Crippen LogP contribution in [0.25, 0.3) is 0 Å². The summed E-state index contributed by atoms with van der Waals surface area (Å²) in [5.41, 5.74) is 1.55. The molecule has 4 aliphatic carbocycles. The topological polar surface area (TPSA) is 154 Å². The molecule has 0 amide bonds. The van der Waals surface area contributed by atoms with Gasteiger partial charge in [0.05, 0.1) is 24.0 Å². The molecule has 6 rings (SSSR count). The van der Waals surface area contributed by atoms with Crippen LogP contribution in [0.4, 0.5) is 0 Å². The SMILES string of the molecule is O=C1c2c(O[C@H]3O[C@H](CO)[C@@H](O)[C@H](O)[C@H]3O)cccc2C(=O)[C@H]2C=C(CC3CCC4(CCCC4)CC3)C=C(O)[C@H]12. The average Bonchev–Trinajstić information content (AvgIpc) is 3.41. The summed E-state index contributed by atoms with van der Waals surface area (Å²) < 4.78 is 11.2. The Kier molecular flexibility index (Phi) is 7.37. The van der Waals surface area contributed by atoms with Crippen molar-refractivity contribution < 1.29 is 44.6 Å². The van der Waals surface area contributed by atoms with Gasteiger partial charge >= 0.3 is 0 Å². The molecule has 5 aliphatic rings. The molecule has 2 saturated carbocycles. The molecule has 5 N–H and O–H groups in total. The molecule has 0 bridgehead atoms. The van der Waals surface area contributed by atoms with E-state index in [9.17, 15) is 35.1 Å². The van der Waals surface area contributed by atoms with Gasteiger partial charge in [0.25, 0.3) is 0 Å². The highest BCUT2D eigenvalue weighted by Gasteiger charge is 2.48. The zero-order chi connectivity index (χ0) is 28.2. The Morgan fingerprint density at radius 2 is 1.68 bits per heavy atom. The number of ether oxygens (including phenoxy) is 2. The molecule has 216 valence electrons. The van der Waals surface area contributed by atoms with E-state index in [2.05, 4.69) is 0 Å². The number of aliphatic hydroxyl groups excluding tert-OH is 5. The first-order valence-corrected chi connectivity index (χ1v) is 14.5. The molecule has 1 spiro atoms. The molecule has 40 heavy (non-hydrogen) atoms. The van der Waals surface area contributed by atoms with Crippen LogP contribution >= 0.6 is 0 Å². The van der Waals surface area contributed by atoms with Crippen molar-refractivity contribution in [3.05, 3.63) is 52.8 Å². The molecule has 7 atom stereocenters. The van der Waals surface area contributed by atoms with Crippen molar-refractivity contribution in [2.24, 2.45) is 23.2 Å². The average molecular weight is 555 g/mol. The van der Waals surface area contributed by atoms with Gasteiger partial charge in [-0.2, -0.15) is 0 Å². The summed E-state index contributed by atoms with van der Waals surface area (Å²) in [7, 11) is 0. The minimum absolute atomic E-state index is 0.0309. The maximum atomic E-state index is 13.7. The number of benzene rings is 1. The van der Waals surface area contributed by atoms with E-state index in [1.807, 2.05) is 6.08 Å². The summed E-state index contributed by atoms with van der Waals surface area (Å²) in [6.07, 6.45) is 6.81. The number of aliphatic hydroxyl groups is 5. The summed E-state index contributed by atoms with van der Waals surface area (Å²) in [5.74, 6) is -2.36. The summed E-state index contributed by atoms with van der Waals surface area (Å²) in [6.45, 7) is -0.631. The Morgan fingerprint density at radius 3 is 2.38 bits per heavy atom. The minimum Gasteiger partial charge on any atom is -0.511 e. The van der Waals surface area contributed by atoms with Crippen molar-refractivity contribution in [1.29, 1.82) is 0 Å². The molecule has 0 radical (unpaired) electrons. The van der Waals surface area contributed by atoms with Crippen LogP contribution in [0, 0.1) is 23.2 Å². The summed E-state index contributed by atoms with van der Waals surface area (Å²) >= 11 is 0. The second kappa shape index (κ2) is 10.7. The fraction of sp³-hybridized carbons (Fsp3) is 0.613. The molecule has 1 aliphatic heterocycles. The molecule has 0 unspecified atom stereocenters. The first kappa shape index (κ1) is 27.6. The third kappa shape index (κ3) is 4.71. The van der Waals surface area contributed by atoms with Gasteiger partial charge in [0.15, 0.2) is 11.6 Å². The van der Waals surface area contributed by atoms with Gasteiger partial charge < -0.3 is 35.0 Å². The van der Waals surface area contributed by atoms with Gasteiger partial charge in [-0.05, 0) is 74.0 Å². The summed E-state index contributed by atoms with van der Waals surface area (Å²) in [5, 5.41) is 51.1. The van der Waals surface area contributed by atoms with Crippen molar-refractivity contribution in [2.75, 3.05) is 6.61 Å². The van der Waals surface area contributed by atoms with Gasteiger partial charge in [0.1, 0.15) is 35.9 Å². The second-order valence-electron chi connectivity index (χ2n) is 12.4. The Hall–Kier alpha value is -2.56. The molecule has 3 fully saturated rings. The number of hydrogen-bond donors (Lipinski definition) is 5. The predicted molar refractivity (Wildman–Crippen MR) is 143 cm³/mol. The monoisotopic (exact) mass is 554 g/mol. The normalized spacial score (nSPS) is 35.6. The van der Waals surface area contributed by atoms with Gasteiger partial charge in [-0.1, -0.05) is 31.1 Å². The zero-order valence-electron chi connectivity index (χ0n) is 22.4. The first-order valence-electron chi connectivity index (χ1n) is 14.5. The third-order valence-electron chi connectivity index (χ3n) is 9.97. The predicted octanol–water partition coefficient (Wildman–Crippen LogP) is 3.00. The van der Waals surface area contributed by atoms with Gasteiger partial charge in [-0.3, -0.25) is 9.59 Å². The van der Waals surface area contributed by atoms with Crippen LogP contribution in [0.1, 0.15) is 78.5 Å². The number of Topliss-reactive ketones (excluding diaryl/α,β-unsaturated/α-hetero) is 2. The Bertz CT molecular complexity index is 1220. The molecule has 1 heterocycles. The molecule has 1 aromatic rings. The number of carbonyl (C=O) groups is 2. The van der Waals surface area contributed by atoms with Crippen molar-refractivity contribution in [3.63, 3.8) is 0 Å². The fourth-order valence-corrected chi connectivity index (χ4v) is 7.66. The zero-order valence-corrected chi connectivity index (χ0v) is 22.4. The van der Waals surface area contributed by atoms with E-state index in [-0.39, 0.29) is 28.4 Å². The number of rotatable bonds is 5. The van der Waals surface area contributed by atoms with Gasteiger partial charge in [-0.25, -0.2) is 0 Å². The van der Waals surface area contributed by atoms with Crippen molar-refractivity contribution >= 4 is 11.6 Å². The Morgan fingerprint density at radius 1 is 0.950 bits per heavy atom. The molecule has 1 aromatic carbocycles. The smallest absolute Gasteiger partial charge is 0.229 e. The lowest BCUT2D eigenvalue weighted by atomic mass is 9.67. The Balaban J connectivity index is 1.22. The van der Waals surface area contributed by atoms with Crippen LogP contribution in [0.5, 0.6) is 5.75 Å². The largest absolute Gasteiger partial charge is 0.511 e. The van der Waals surface area contributed by atoms with Crippen molar-refractivity contribution in [2.45, 2.75) is 88.5 Å². The van der Waals surface area contributed by atoms with Gasteiger partial charge in [0, 0.05) is 5.56 Å². The number of fused-ring (bicyclic) bond motifs is 2. The van der Waals surface area contributed by atoms with E-state index >= 15 is 0 Å². The molecule has 0 aromatic heterocycles. The van der Waals surface area contributed by atoms with Crippen LogP contribution in [-0.4, -0.2) is 74.4 Å². The van der Waals surface area contributed by atoms with Crippen LogP contribution in [0.2, 0.25) is 0 Å². The highest BCUT2D eigenvalue weighted by Crippen LogP contribution is 2.51. The maximum Gasteiger partial charge on any atom is 0.229 e. The molecule has 9 heteroatoms. The quantitative estimate of drug-likeness (QED) is 0.370. The van der Waals surface area contributed by atoms with E-state index in [1.54, 1.807) is 12.1 Å². The Labute approximate surface area is 233 Å². The van der Waals surface area contributed by atoms with E-state index < -0.39 is 54.9 Å². The lowest BCUT2D eigenvalue weighted by molar-refractivity contribution is -0.277. The maximum absolute atomic E-state index is 13.7. The van der Waals surface area contributed by atoms with Crippen LogP contribution < -0.4 is 4.74 Å². The molecular formula is C31H38O9. The molecule has 1 saturated heterocycles. The number of allylic oxidation sites excluding steroid dienone is 4. The van der Waals surface area contributed by atoms with E-state index in [0.717, 1.165) is 24.8 Å². The number of ketones is 2. The van der Waals surface area contributed by atoms with Gasteiger partial charge in [0.2, 0.25) is 6.29 Å². The van der Waals surface area contributed by atoms with E-state index in [4.69, 9.17) is 9.47 Å². The van der Waals surface area contributed by atoms with Crippen molar-refractivity contribution in [1.82, 2.24) is 0 Å². The lowest BCUT2D eigenvalue weighted by Crippen LogP contribution is -2.60. The summed E-state index contributed by atoms with van der Waals surface area (Å²) in [6, 6.07) is 4.53. The first-order chi connectivity index (χ1) is 19.2. The highest BCUT2D eigenvalue weighted by atomic mass is 16.7. The second-order valence-corrected chi connectivity index (χ2v) is 12.4. The molecular weight excluding hydrogens is 516 g/mol. The lowest BCUT2D eigenvalue weighted by Gasteiger charge is -2.40. The molecule has 9 nitrogen and oxygen atoms in total. The fourth-order valence-electron chi connectivity index (χ4n) is 7.66. The third-order valence-corrected chi connectivity index (χ3v) is 9.97. The number of carbonyl (C=O) groups excluding carboxylic acids is 2. The number of hydrogen-bond acceptors (Lipinski definition) is 9. The standard InChI is InChI=1S/C31H38O9/c32-15-22-26(35)28(37)29(38)30(40-22)39-21-5-3-4-18-24(21)27(36)23-19(25(18)34)13-17(14-20(23)33)12-16-6-10-31(11-7-16)8-1-2-9-31/h3-5,13-14,16,19,22-23,26,28-30,32-33,35,37-38H,1-2,6-12,15H2/t19-,22+,23+,26+,28-,29+,30-/m0/s1. The van der Waals surface area contributed by atoms with E-state index in [1.165, 1.54) is 50.7 Å². The summed E-state index contributed by atoms with van der Waals surface area (Å²) in [4.78, 5) is 27.4.